The Hall–Kier alpha value is -0.320. The van der Waals surface area contributed by atoms with Gasteiger partial charge >= 0.3 is 0 Å². The van der Waals surface area contributed by atoms with Crippen LogP contribution >= 0.6 is 24.8 Å². The molecule has 17 heavy (non-hydrogen) atoms. The van der Waals surface area contributed by atoms with Crippen LogP contribution in [0.2, 0.25) is 0 Å². The highest BCUT2D eigenvalue weighted by molar-refractivity contribution is 5.85. The smallest absolute Gasteiger partial charge is 0.0916 e. The van der Waals surface area contributed by atoms with E-state index in [-0.39, 0.29) is 30.9 Å². The summed E-state index contributed by atoms with van der Waals surface area (Å²) in [6.07, 6.45) is -0.357. The van der Waals surface area contributed by atoms with Gasteiger partial charge in [-0.2, -0.15) is 0 Å². The van der Waals surface area contributed by atoms with E-state index in [1.165, 1.54) is 0 Å². The quantitative estimate of drug-likeness (QED) is 0.879. The van der Waals surface area contributed by atoms with E-state index in [2.05, 4.69) is 10.2 Å². The summed E-state index contributed by atoms with van der Waals surface area (Å²) < 4.78 is 0. The highest BCUT2D eigenvalue weighted by atomic mass is 35.5. The molecule has 0 amide bonds. The Morgan fingerprint density at radius 3 is 2.29 bits per heavy atom. The third-order valence-corrected chi connectivity index (χ3v) is 2.83. The largest absolute Gasteiger partial charge is 0.387 e. The number of nitrogens with zero attached hydrogens (tertiary/aromatic N) is 1. The van der Waals surface area contributed by atoms with Crippen molar-refractivity contribution in [2.75, 3.05) is 32.7 Å². The summed E-state index contributed by atoms with van der Waals surface area (Å²) in [5.41, 5.74) is 1.01. The van der Waals surface area contributed by atoms with Crippen molar-refractivity contribution in [3.05, 3.63) is 35.9 Å². The second-order valence-corrected chi connectivity index (χ2v) is 3.98. The fourth-order valence-electron chi connectivity index (χ4n) is 1.92. The fraction of sp³-hybridized carbons (Fsp3) is 0.500. The SMILES string of the molecule is Cl.Cl.O[C@H](CN1CCNCC1)c1ccccc1. The number of hydrogen-bond acceptors (Lipinski definition) is 3. The van der Waals surface area contributed by atoms with Crippen molar-refractivity contribution in [2.24, 2.45) is 0 Å². The van der Waals surface area contributed by atoms with Gasteiger partial charge in [-0.05, 0) is 5.56 Å². The minimum absolute atomic E-state index is 0. The van der Waals surface area contributed by atoms with Crippen LogP contribution in [-0.2, 0) is 0 Å². The summed E-state index contributed by atoms with van der Waals surface area (Å²) in [6, 6.07) is 9.87. The van der Waals surface area contributed by atoms with E-state index in [0.29, 0.717) is 0 Å². The number of benzene rings is 1. The average Bonchev–Trinajstić information content (AvgIpc) is 2.31. The molecule has 1 aliphatic rings. The number of aliphatic hydroxyl groups is 1. The second kappa shape index (κ2) is 8.72. The van der Waals surface area contributed by atoms with Gasteiger partial charge in [0.2, 0.25) is 0 Å². The van der Waals surface area contributed by atoms with E-state index in [9.17, 15) is 5.11 Å². The summed E-state index contributed by atoms with van der Waals surface area (Å²) in [6.45, 7) is 4.86. The van der Waals surface area contributed by atoms with Crippen LogP contribution < -0.4 is 5.32 Å². The number of β-amino-alcohol motifs (C(OH)–C–C–N with tert-alkyl or cyclic N) is 1. The van der Waals surface area contributed by atoms with Crippen molar-refractivity contribution in [2.45, 2.75) is 6.10 Å². The molecule has 0 bridgehead atoms. The van der Waals surface area contributed by atoms with Crippen molar-refractivity contribution in [3.8, 4) is 0 Å². The van der Waals surface area contributed by atoms with E-state index in [0.717, 1.165) is 38.3 Å². The van der Waals surface area contributed by atoms with Crippen LogP contribution in [-0.4, -0.2) is 42.7 Å². The number of rotatable bonds is 3. The summed E-state index contributed by atoms with van der Waals surface area (Å²) in [5.74, 6) is 0. The number of aliphatic hydroxyl groups excluding tert-OH is 1. The third kappa shape index (κ3) is 5.23. The van der Waals surface area contributed by atoms with Crippen LogP contribution in [0.3, 0.4) is 0 Å². The van der Waals surface area contributed by atoms with Gasteiger partial charge in [0.15, 0.2) is 0 Å². The van der Waals surface area contributed by atoms with Crippen LogP contribution in [0.4, 0.5) is 0 Å². The molecular formula is C12H20Cl2N2O. The van der Waals surface area contributed by atoms with E-state index >= 15 is 0 Å². The van der Waals surface area contributed by atoms with Crippen molar-refractivity contribution >= 4 is 24.8 Å². The Morgan fingerprint density at radius 2 is 1.71 bits per heavy atom. The molecule has 0 aliphatic carbocycles. The first kappa shape index (κ1) is 16.7. The van der Waals surface area contributed by atoms with Gasteiger partial charge in [-0.1, -0.05) is 30.3 Å². The van der Waals surface area contributed by atoms with Crippen LogP contribution in [0.25, 0.3) is 0 Å². The average molecular weight is 279 g/mol. The Balaban J connectivity index is 0.00000128. The molecule has 1 fully saturated rings. The van der Waals surface area contributed by atoms with Gasteiger partial charge in [-0.15, -0.1) is 24.8 Å². The normalized spacial score (nSPS) is 17.7. The predicted octanol–water partition coefficient (Wildman–Crippen LogP) is 1.47. The zero-order valence-corrected chi connectivity index (χ0v) is 11.3. The Morgan fingerprint density at radius 1 is 1.12 bits per heavy atom. The molecule has 3 nitrogen and oxygen atoms in total. The van der Waals surface area contributed by atoms with Gasteiger partial charge in [0.1, 0.15) is 0 Å². The molecule has 1 aliphatic heterocycles. The summed E-state index contributed by atoms with van der Waals surface area (Å²) in [4.78, 5) is 2.30. The van der Waals surface area contributed by atoms with Gasteiger partial charge in [0.25, 0.3) is 0 Å². The summed E-state index contributed by atoms with van der Waals surface area (Å²) in [7, 11) is 0. The minimum Gasteiger partial charge on any atom is -0.387 e. The molecule has 2 rings (SSSR count). The van der Waals surface area contributed by atoms with Gasteiger partial charge < -0.3 is 10.4 Å². The number of piperazine rings is 1. The first-order valence-corrected chi connectivity index (χ1v) is 5.52. The van der Waals surface area contributed by atoms with Gasteiger partial charge in [0, 0.05) is 32.7 Å². The maximum atomic E-state index is 10.0. The highest BCUT2D eigenvalue weighted by Gasteiger charge is 2.14. The molecule has 0 unspecified atom stereocenters. The standard InChI is InChI=1S/C12H18N2O.2ClH/c15-12(11-4-2-1-3-5-11)10-14-8-6-13-7-9-14;;/h1-5,12-13,15H,6-10H2;2*1H/t12-;;/m1../s1. The maximum absolute atomic E-state index is 10.0. The minimum atomic E-state index is -0.357. The lowest BCUT2D eigenvalue weighted by atomic mass is 10.1. The molecular weight excluding hydrogens is 259 g/mol. The molecule has 5 heteroatoms. The summed E-state index contributed by atoms with van der Waals surface area (Å²) >= 11 is 0. The van der Waals surface area contributed by atoms with Crippen LogP contribution in [0.5, 0.6) is 0 Å². The Kier molecular flexibility index (Phi) is 8.56. The fourth-order valence-corrected chi connectivity index (χ4v) is 1.92. The first-order chi connectivity index (χ1) is 7.36. The molecule has 0 saturated carbocycles. The third-order valence-electron chi connectivity index (χ3n) is 2.83. The first-order valence-electron chi connectivity index (χ1n) is 5.52. The lowest BCUT2D eigenvalue weighted by Gasteiger charge is -2.29. The predicted molar refractivity (Wildman–Crippen MR) is 75.2 cm³/mol. The molecule has 0 radical (unpaired) electrons. The molecule has 1 aromatic rings. The second-order valence-electron chi connectivity index (χ2n) is 3.98. The van der Waals surface area contributed by atoms with E-state index in [4.69, 9.17) is 0 Å². The molecule has 1 atom stereocenters. The number of halogens is 2. The molecule has 0 aromatic heterocycles. The number of nitrogens with one attached hydrogen (secondary N) is 1. The monoisotopic (exact) mass is 278 g/mol. The van der Waals surface area contributed by atoms with Crippen molar-refractivity contribution in [1.82, 2.24) is 10.2 Å². The molecule has 98 valence electrons. The molecule has 0 spiro atoms. The van der Waals surface area contributed by atoms with Crippen molar-refractivity contribution in [1.29, 1.82) is 0 Å². The van der Waals surface area contributed by atoms with Crippen LogP contribution in [0, 0.1) is 0 Å². The van der Waals surface area contributed by atoms with Crippen LogP contribution in [0.15, 0.2) is 30.3 Å². The van der Waals surface area contributed by atoms with Gasteiger partial charge in [-0.3, -0.25) is 4.90 Å². The lowest BCUT2D eigenvalue weighted by Crippen LogP contribution is -2.44. The Labute approximate surface area is 115 Å². The van der Waals surface area contributed by atoms with E-state index < -0.39 is 0 Å². The molecule has 2 N–H and O–H groups in total. The zero-order chi connectivity index (χ0) is 10.5. The van der Waals surface area contributed by atoms with E-state index in [1.807, 2.05) is 30.3 Å². The zero-order valence-electron chi connectivity index (χ0n) is 9.71. The number of hydrogen-bond donors (Lipinski definition) is 2. The van der Waals surface area contributed by atoms with Crippen molar-refractivity contribution < 1.29 is 5.11 Å². The van der Waals surface area contributed by atoms with Gasteiger partial charge in [-0.25, -0.2) is 0 Å². The van der Waals surface area contributed by atoms with Crippen LogP contribution in [0.1, 0.15) is 11.7 Å². The topological polar surface area (TPSA) is 35.5 Å². The Bertz CT molecular complexity index is 292. The maximum Gasteiger partial charge on any atom is 0.0916 e. The van der Waals surface area contributed by atoms with Crippen molar-refractivity contribution in [3.63, 3.8) is 0 Å². The lowest BCUT2D eigenvalue weighted by molar-refractivity contribution is 0.105. The van der Waals surface area contributed by atoms with Gasteiger partial charge in [0.05, 0.1) is 6.10 Å². The highest BCUT2D eigenvalue weighted by Crippen LogP contribution is 2.13. The molecule has 1 heterocycles. The molecule has 1 aromatic carbocycles. The summed E-state index contributed by atoms with van der Waals surface area (Å²) in [5, 5.41) is 13.3. The molecule has 1 saturated heterocycles. The van der Waals surface area contributed by atoms with E-state index in [1.54, 1.807) is 0 Å².